The van der Waals surface area contributed by atoms with Gasteiger partial charge in [-0.15, -0.1) is 11.8 Å². The van der Waals surface area contributed by atoms with Crippen LogP contribution in [0.15, 0.2) is 42.5 Å². The Morgan fingerprint density at radius 1 is 1.18 bits per heavy atom. The molecule has 0 radical (unpaired) electrons. The number of likely N-dealkylation sites (N-methyl/N-ethyl adjacent to an activating group) is 1. The average molecular weight is 443 g/mol. The lowest BCUT2D eigenvalue weighted by atomic mass is 10.1. The van der Waals surface area contributed by atoms with Crippen molar-refractivity contribution in [2.24, 2.45) is 0 Å². The van der Waals surface area contributed by atoms with Gasteiger partial charge in [-0.2, -0.15) is 0 Å². The van der Waals surface area contributed by atoms with E-state index in [4.69, 9.17) is 23.2 Å². The quantitative estimate of drug-likeness (QED) is 0.653. The Morgan fingerprint density at radius 3 is 2.54 bits per heavy atom. The van der Waals surface area contributed by atoms with Crippen LogP contribution in [0.25, 0.3) is 0 Å². The average Bonchev–Trinajstić information content (AvgIpc) is 2.69. The number of carbonyl (C=O) groups is 2. The first-order valence-corrected chi connectivity index (χ1v) is 10.5. The van der Waals surface area contributed by atoms with E-state index in [9.17, 15) is 14.0 Å². The van der Waals surface area contributed by atoms with Crippen molar-refractivity contribution in [2.45, 2.75) is 25.3 Å². The molecule has 0 aliphatic carbocycles. The van der Waals surface area contributed by atoms with E-state index in [0.717, 1.165) is 5.56 Å². The van der Waals surface area contributed by atoms with E-state index in [-0.39, 0.29) is 29.9 Å². The van der Waals surface area contributed by atoms with Crippen LogP contribution < -0.4 is 5.32 Å². The lowest BCUT2D eigenvalue weighted by molar-refractivity contribution is -0.138. The molecule has 28 heavy (non-hydrogen) atoms. The van der Waals surface area contributed by atoms with E-state index in [2.05, 4.69) is 5.32 Å². The minimum Gasteiger partial charge on any atom is -0.357 e. The minimum atomic E-state index is -0.666. The van der Waals surface area contributed by atoms with Crippen molar-refractivity contribution < 1.29 is 14.0 Å². The molecule has 0 aliphatic heterocycles. The van der Waals surface area contributed by atoms with Crippen LogP contribution in [0.5, 0.6) is 0 Å². The van der Waals surface area contributed by atoms with Crippen molar-refractivity contribution in [3.05, 3.63) is 69.5 Å². The Morgan fingerprint density at radius 2 is 1.89 bits per heavy atom. The van der Waals surface area contributed by atoms with Crippen molar-refractivity contribution in [1.29, 1.82) is 0 Å². The highest BCUT2D eigenvalue weighted by Crippen LogP contribution is 2.24. The number of carbonyl (C=O) groups excluding carboxylic acids is 2. The van der Waals surface area contributed by atoms with Crippen molar-refractivity contribution in [1.82, 2.24) is 10.2 Å². The number of hydrogen-bond donors (Lipinski definition) is 1. The van der Waals surface area contributed by atoms with Crippen LogP contribution in [0.1, 0.15) is 18.1 Å². The van der Waals surface area contributed by atoms with Gasteiger partial charge < -0.3 is 10.2 Å². The van der Waals surface area contributed by atoms with E-state index >= 15 is 0 Å². The number of nitrogens with zero attached hydrogens (tertiary/aromatic N) is 1. The van der Waals surface area contributed by atoms with Crippen molar-refractivity contribution >= 4 is 46.8 Å². The number of thioether (sulfide) groups is 1. The van der Waals surface area contributed by atoms with E-state index < -0.39 is 6.04 Å². The Bertz CT molecular complexity index is 851. The van der Waals surface area contributed by atoms with Crippen LogP contribution in [-0.4, -0.2) is 35.6 Å². The summed E-state index contributed by atoms with van der Waals surface area (Å²) in [6, 6.07) is 10.9. The summed E-state index contributed by atoms with van der Waals surface area (Å²) >= 11 is 13.3. The topological polar surface area (TPSA) is 49.4 Å². The van der Waals surface area contributed by atoms with Gasteiger partial charge in [0.2, 0.25) is 11.8 Å². The van der Waals surface area contributed by atoms with E-state index in [1.54, 1.807) is 43.3 Å². The van der Waals surface area contributed by atoms with Crippen LogP contribution in [-0.2, 0) is 21.9 Å². The molecule has 4 nitrogen and oxygen atoms in total. The van der Waals surface area contributed by atoms with Crippen LogP contribution in [0.2, 0.25) is 10.0 Å². The predicted octanol–water partition coefficient (Wildman–Crippen LogP) is 4.53. The van der Waals surface area contributed by atoms with Crippen LogP contribution in [0.4, 0.5) is 4.39 Å². The second kappa shape index (κ2) is 10.7. The normalized spacial score (nSPS) is 11.8. The van der Waals surface area contributed by atoms with Crippen LogP contribution >= 0.6 is 35.0 Å². The molecule has 0 unspecified atom stereocenters. The summed E-state index contributed by atoms with van der Waals surface area (Å²) in [5.41, 5.74) is 1.30. The molecule has 0 fully saturated rings. The molecule has 2 amide bonds. The number of rotatable bonds is 8. The van der Waals surface area contributed by atoms with Gasteiger partial charge in [0.05, 0.1) is 15.8 Å². The number of hydrogen-bond acceptors (Lipinski definition) is 3. The number of amides is 2. The summed E-state index contributed by atoms with van der Waals surface area (Å²) in [5.74, 6) is -0.297. The largest absolute Gasteiger partial charge is 0.357 e. The number of nitrogens with one attached hydrogen (secondary N) is 1. The summed E-state index contributed by atoms with van der Waals surface area (Å²) in [7, 11) is 1.52. The van der Waals surface area contributed by atoms with E-state index in [1.807, 2.05) is 0 Å². The summed E-state index contributed by atoms with van der Waals surface area (Å²) in [6.07, 6.45) is 0. The highest BCUT2D eigenvalue weighted by Gasteiger charge is 2.25. The molecule has 150 valence electrons. The third-order valence-electron chi connectivity index (χ3n) is 4.19. The first kappa shape index (κ1) is 22.5. The zero-order valence-electron chi connectivity index (χ0n) is 15.5. The van der Waals surface area contributed by atoms with E-state index in [1.165, 1.54) is 29.8 Å². The van der Waals surface area contributed by atoms with Gasteiger partial charge in [0.25, 0.3) is 0 Å². The number of benzene rings is 2. The molecule has 0 bridgehead atoms. The standard InChI is InChI=1S/C20H21Cl2FN2O2S/c1-13(20(27)24-2)25(10-14-7-8-16(21)17(22)9-14)19(26)12-28-11-15-5-3-4-6-18(15)23/h3-9,13H,10-12H2,1-2H3,(H,24,27)/t13-/m0/s1. The second-order valence-corrected chi connectivity index (χ2v) is 7.94. The van der Waals surface area contributed by atoms with Crippen LogP contribution in [0.3, 0.4) is 0 Å². The Balaban J connectivity index is 2.09. The highest BCUT2D eigenvalue weighted by molar-refractivity contribution is 7.99. The molecule has 2 aromatic rings. The minimum absolute atomic E-state index is 0.122. The SMILES string of the molecule is CNC(=O)[C@H](C)N(Cc1ccc(Cl)c(Cl)c1)C(=O)CSCc1ccccc1F. The van der Waals surface area contributed by atoms with Gasteiger partial charge in [-0.05, 0) is 36.2 Å². The monoisotopic (exact) mass is 442 g/mol. The maximum Gasteiger partial charge on any atom is 0.242 e. The molecule has 0 aromatic heterocycles. The Kier molecular flexibility index (Phi) is 8.60. The fraction of sp³-hybridized carbons (Fsp3) is 0.300. The zero-order chi connectivity index (χ0) is 20.7. The summed E-state index contributed by atoms with van der Waals surface area (Å²) < 4.78 is 13.7. The molecule has 0 spiro atoms. The molecular formula is C20H21Cl2FN2O2S. The van der Waals surface area contributed by atoms with Gasteiger partial charge in [-0.25, -0.2) is 4.39 Å². The summed E-state index contributed by atoms with van der Waals surface area (Å²) in [5, 5.41) is 3.36. The predicted molar refractivity (Wildman–Crippen MR) is 113 cm³/mol. The first-order chi connectivity index (χ1) is 13.3. The molecule has 2 aromatic carbocycles. The van der Waals surface area contributed by atoms with Crippen molar-refractivity contribution in [3.8, 4) is 0 Å². The highest BCUT2D eigenvalue weighted by atomic mass is 35.5. The Hall–Kier alpha value is -1.76. The lowest BCUT2D eigenvalue weighted by Crippen LogP contribution is -2.47. The fourth-order valence-corrected chi connectivity index (χ4v) is 3.79. The molecule has 8 heteroatoms. The molecule has 0 aliphatic rings. The summed E-state index contributed by atoms with van der Waals surface area (Å²) in [4.78, 5) is 26.4. The molecule has 2 rings (SSSR count). The van der Waals surface area contributed by atoms with E-state index in [0.29, 0.717) is 21.4 Å². The van der Waals surface area contributed by atoms with Crippen molar-refractivity contribution in [2.75, 3.05) is 12.8 Å². The maximum absolute atomic E-state index is 13.7. The molecule has 1 atom stereocenters. The summed E-state index contributed by atoms with van der Waals surface area (Å²) in [6.45, 7) is 1.88. The molecule has 0 saturated heterocycles. The molecule has 0 saturated carbocycles. The fourth-order valence-electron chi connectivity index (χ4n) is 2.57. The molecular weight excluding hydrogens is 422 g/mol. The van der Waals surface area contributed by atoms with Crippen LogP contribution in [0, 0.1) is 5.82 Å². The Labute approximate surface area is 178 Å². The second-order valence-electron chi connectivity index (χ2n) is 6.14. The van der Waals surface area contributed by atoms with Gasteiger partial charge in [-0.3, -0.25) is 9.59 Å². The maximum atomic E-state index is 13.7. The number of halogens is 3. The molecule has 0 heterocycles. The zero-order valence-corrected chi connectivity index (χ0v) is 17.9. The van der Waals surface area contributed by atoms with Gasteiger partial charge >= 0.3 is 0 Å². The molecule has 1 N–H and O–H groups in total. The third kappa shape index (κ3) is 6.12. The van der Waals surface area contributed by atoms with Gasteiger partial charge in [0.15, 0.2) is 0 Å². The first-order valence-electron chi connectivity index (χ1n) is 8.59. The van der Waals surface area contributed by atoms with Gasteiger partial charge in [0, 0.05) is 19.3 Å². The smallest absolute Gasteiger partial charge is 0.242 e. The van der Waals surface area contributed by atoms with Gasteiger partial charge in [0.1, 0.15) is 11.9 Å². The van der Waals surface area contributed by atoms with Gasteiger partial charge in [-0.1, -0.05) is 47.5 Å². The van der Waals surface area contributed by atoms with Crippen molar-refractivity contribution in [3.63, 3.8) is 0 Å². The lowest BCUT2D eigenvalue weighted by Gasteiger charge is -2.28. The third-order valence-corrected chi connectivity index (χ3v) is 5.90.